The van der Waals surface area contributed by atoms with E-state index in [9.17, 15) is 27.2 Å². The van der Waals surface area contributed by atoms with E-state index in [1.54, 1.807) is 4.90 Å². The summed E-state index contributed by atoms with van der Waals surface area (Å²) >= 11 is 5.92. The van der Waals surface area contributed by atoms with Crippen molar-refractivity contribution in [2.75, 3.05) is 30.4 Å². The van der Waals surface area contributed by atoms with Gasteiger partial charge in [0.15, 0.2) is 0 Å². The molecule has 0 unspecified atom stereocenters. The monoisotopic (exact) mass is 565 g/mol. The first-order chi connectivity index (χ1) is 16.9. The van der Waals surface area contributed by atoms with Gasteiger partial charge in [-0.1, -0.05) is 26.0 Å². The summed E-state index contributed by atoms with van der Waals surface area (Å²) in [6.07, 6.45) is -4.89. The van der Waals surface area contributed by atoms with Gasteiger partial charge >= 0.3 is 6.36 Å². The number of aryl methyl sites for hydroxylation is 1. The van der Waals surface area contributed by atoms with Crippen LogP contribution in [0.5, 0.6) is 5.75 Å². The molecule has 1 fully saturated rings. The van der Waals surface area contributed by atoms with Gasteiger partial charge < -0.3 is 15.0 Å². The van der Waals surface area contributed by atoms with Crippen LogP contribution in [-0.2, 0) is 9.59 Å². The van der Waals surface area contributed by atoms with Gasteiger partial charge in [-0.2, -0.15) is 0 Å². The van der Waals surface area contributed by atoms with E-state index in [4.69, 9.17) is 11.6 Å². The van der Waals surface area contributed by atoms with Crippen molar-refractivity contribution in [1.29, 1.82) is 0 Å². The van der Waals surface area contributed by atoms with Gasteiger partial charge in [-0.05, 0) is 54.3 Å². The largest absolute Gasteiger partial charge is 0.573 e. The second-order valence-corrected chi connectivity index (χ2v) is 9.20. The Hall–Kier alpha value is -2.56. The highest BCUT2D eigenvalue weighted by Gasteiger charge is 2.38. The quantitative estimate of drug-likeness (QED) is 0.369. The topological polar surface area (TPSA) is 61.9 Å². The molecule has 204 valence electrons. The summed E-state index contributed by atoms with van der Waals surface area (Å²) in [5.41, 5.74) is 0.790. The fourth-order valence-corrected chi connectivity index (χ4v) is 4.35. The summed E-state index contributed by atoms with van der Waals surface area (Å²) in [6, 6.07) is 7.47. The molecule has 2 amide bonds. The van der Waals surface area contributed by atoms with Crippen molar-refractivity contribution in [3.8, 4) is 5.75 Å². The Morgan fingerprint density at radius 2 is 1.84 bits per heavy atom. The maximum atomic E-state index is 13.9. The lowest BCUT2D eigenvalue weighted by atomic mass is 9.98. The predicted octanol–water partition coefficient (Wildman–Crippen LogP) is 5.22. The van der Waals surface area contributed by atoms with Crippen molar-refractivity contribution in [1.82, 2.24) is 10.2 Å². The highest BCUT2D eigenvalue weighted by atomic mass is 35.5. The van der Waals surface area contributed by atoms with Crippen LogP contribution in [0.25, 0.3) is 0 Å². The Kier molecular flexibility index (Phi) is 10.6. The van der Waals surface area contributed by atoms with E-state index >= 15 is 0 Å². The van der Waals surface area contributed by atoms with Crippen LogP contribution in [0.15, 0.2) is 42.5 Å². The molecule has 2 atom stereocenters. The molecule has 0 radical (unpaired) electrons. The van der Waals surface area contributed by atoms with Crippen molar-refractivity contribution in [2.45, 2.75) is 39.2 Å². The minimum absolute atomic E-state index is 0. The number of rotatable bonds is 7. The molecule has 37 heavy (non-hydrogen) atoms. The molecule has 0 aliphatic carbocycles. The zero-order chi connectivity index (χ0) is 26.6. The summed E-state index contributed by atoms with van der Waals surface area (Å²) in [5, 5.41) is 3.37. The summed E-state index contributed by atoms with van der Waals surface area (Å²) in [5.74, 6) is -2.26. The molecule has 0 bridgehead atoms. The van der Waals surface area contributed by atoms with Gasteiger partial charge in [0, 0.05) is 31.4 Å². The van der Waals surface area contributed by atoms with Gasteiger partial charge in [0.1, 0.15) is 23.5 Å². The Morgan fingerprint density at radius 1 is 1.19 bits per heavy atom. The molecule has 3 rings (SSSR count). The van der Waals surface area contributed by atoms with E-state index in [1.165, 1.54) is 42.2 Å². The minimum atomic E-state index is -4.89. The maximum Gasteiger partial charge on any atom is 0.573 e. The van der Waals surface area contributed by atoms with E-state index < -0.39 is 41.7 Å². The summed E-state index contributed by atoms with van der Waals surface area (Å²) in [6.45, 7) is 6.89. The van der Waals surface area contributed by atoms with Crippen molar-refractivity contribution >= 4 is 41.5 Å². The van der Waals surface area contributed by atoms with Crippen LogP contribution in [0.4, 0.5) is 23.2 Å². The number of alkyl halides is 4. The van der Waals surface area contributed by atoms with E-state index in [2.05, 4.69) is 10.1 Å². The van der Waals surface area contributed by atoms with Crippen molar-refractivity contribution in [3.05, 3.63) is 59.4 Å². The van der Waals surface area contributed by atoms with Gasteiger partial charge in [0.25, 0.3) is 5.91 Å². The van der Waals surface area contributed by atoms with Crippen molar-refractivity contribution in [3.63, 3.8) is 0 Å². The molecular weight excluding hydrogens is 537 g/mol. The summed E-state index contributed by atoms with van der Waals surface area (Å²) in [7, 11) is 0. The number of halogens is 6. The zero-order valence-electron chi connectivity index (χ0n) is 20.5. The number of nitrogens with zero attached hydrogens (tertiary/aromatic N) is 2. The van der Waals surface area contributed by atoms with Gasteiger partial charge in [-0.3, -0.25) is 14.5 Å². The van der Waals surface area contributed by atoms with Crippen LogP contribution in [-0.4, -0.2) is 54.6 Å². The first-order valence-electron chi connectivity index (χ1n) is 11.4. The van der Waals surface area contributed by atoms with Crippen molar-refractivity contribution < 1.29 is 31.9 Å². The molecule has 1 N–H and O–H groups in total. The first-order valence-corrected chi connectivity index (χ1v) is 12.0. The van der Waals surface area contributed by atoms with Crippen LogP contribution in [0.2, 0.25) is 0 Å². The molecule has 12 heteroatoms. The number of hydrogen-bond acceptors (Lipinski definition) is 4. The third kappa shape index (κ3) is 7.72. The van der Waals surface area contributed by atoms with Gasteiger partial charge in [-0.25, -0.2) is 4.39 Å². The fourth-order valence-electron chi connectivity index (χ4n) is 4.22. The molecule has 6 nitrogen and oxygen atoms in total. The number of nitrogens with one attached hydrogen (secondary N) is 1. The highest BCUT2D eigenvalue weighted by molar-refractivity contribution is 6.30. The Labute approximate surface area is 224 Å². The lowest BCUT2D eigenvalue weighted by Crippen LogP contribution is -2.57. The maximum absolute atomic E-state index is 13.9. The molecule has 2 aromatic rings. The Balaban J connectivity index is 0.00000481. The smallest absolute Gasteiger partial charge is 0.406 e. The van der Waals surface area contributed by atoms with E-state index in [0.717, 1.165) is 12.1 Å². The SMILES string of the molecule is Cc1cc(OC(F)(F)F)ccc1N(C(=O)CCl)[C@@H](C(=O)N1CCN[C@@H](C(C)C)C1)c1ccc(F)cc1.Cl. The third-order valence-electron chi connectivity index (χ3n) is 6.04. The number of anilines is 1. The number of carbonyl (C=O) groups excluding carboxylic acids is 2. The highest BCUT2D eigenvalue weighted by Crippen LogP contribution is 2.35. The molecule has 0 aromatic heterocycles. The van der Waals surface area contributed by atoms with Gasteiger partial charge in [-0.15, -0.1) is 37.2 Å². The van der Waals surface area contributed by atoms with Crippen LogP contribution in [0, 0.1) is 18.7 Å². The third-order valence-corrected chi connectivity index (χ3v) is 6.27. The van der Waals surface area contributed by atoms with Crippen LogP contribution in [0.3, 0.4) is 0 Å². The number of benzene rings is 2. The first kappa shape index (κ1) is 30.7. The Morgan fingerprint density at radius 3 is 2.38 bits per heavy atom. The second-order valence-electron chi connectivity index (χ2n) is 8.94. The van der Waals surface area contributed by atoms with Crippen molar-refractivity contribution in [2.24, 2.45) is 5.92 Å². The average Bonchev–Trinajstić information content (AvgIpc) is 2.82. The number of ether oxygens (including phenoxy) is 1. The molecule has 0 saturated carbocycles. The van der Waals surface area contributed by atoms with Crippen LogP contribution < -0.4 is 15.0 Å². The number of carbonyl (C=O) groups is 2. The van der Waals surface area contributed by atoms with Crippen LogP contribution in [0.1, 0.15) is 31.0 Å². The van der Waals surface area contributed by atoms with Crippen LogP contribution >= 0.6 is 24.0 Å². The van der Waals surface area contributed by atoms with E-state index in [0.29, 0.717) is 25.2 Å². The standard InChI is InChI=1S/C25H28ClF4N3O3.ClH/c1-15(2)20-14-32(11-10-31-20)24(35)23(17-4-6-18(27)7-5-17)33(22(34)13-26)21-9-8-19(12-16(21)3)36-25(28,29)30;/h4-9,12,15,20,23,31H,10-11,13-14H2,1-3H3;1H/t20-,23-;/m1./s1. The lowest BCUT2D eigenvalue weighted by Gasteiger charge is -2.40. The number of amides is 2. The van der Waals surface area contributed by atoms with E-state index in [1.807, 2.05) is 13.8 Å². The molecular formula is C25H29Cl2F4N3O3. The molecule has 0 spiro atoms. The molecule has 2 aromatic carbocycles. The van der Waals surface area contributed by atoms with Gasteiger partial charge in [0.05, 0.1) is 0 Å². The molecule has 1 saturated heterocycles. The van der Waals surface area contributed by atoms with E-state index in [-0.39, 0.29) is 35.6 Å². The zero-order valence-corrected chi connectivity index (χ0v) is 22.1. The number of piperazine rings is 1. The average molecular weight is 566 g/mol. The second kappa shape index (κ2) is 12.8. The van der Waals surface area contributed by atoms with Gasteiger partial charge in [0.2, 0.25) is 5.91 Å². The predicted molar refractivity (Wildman–Crippen MR) is 136 cm³/mol. The fraction of sp³-hybridized carbons (Fsp3) is 0.440. The summed E-state index contributed by atoms with van der Waals surface area (Å²) in [4.78, 5) is 29.9. The number of hydrogen-bond donors (Lipinski definition) is 1. The lowest BCUT2D eigenvalue weighted by molar-refractivity contribution is -0.274. The minimum Gasteiger partial charge on any atom is -0.406 e. The molecule has 1 aliphatic rings. The summed E-state index contributed by atoms with van der Waals surface area (Å²) < 4.78 is 55.8. The molecule has 1 heterocycles. The Bertz CT molecular complexity index is 1080. The normalized spacial score (nSPS) is 16.7. The molecule has 1 aliphatic heterocycles.